The number of methoxy groups -OCH3 is 1. The molecule has 0 N–H and O–H groups in total. The molecule has 0 aliphatic heterocycles. The van der Waals surface area contributed by atoms with E-state index in [-0.39, 0.29) is 6.10 Å². The lowest BCUT2D eigenvalue weighted by Crippen LogP contribution is -2.09. The van der Waals surface area contributed by atoms with Gasteiger partial charge in [-0.3, -0.25) is 0 Å². The summed E-state index contributed by atoms with van der Waals surface area (Å²) < 4.78 is 16.0. The molecule has 18 heavy (non-hydrogen) atoms. The maximum Gasteiger partial charge on any atom is 0.136 e. The van der Waals surface area contributed by atoms with Gasteiger partial charge >= 0.3 is 0 Å². The summed E-state index contributed by atoms with van der Waals surface area (Å²) in [4.78, 5) is 0. The first-order chi connectivity index (χ1) is 8.67. The predicted octanol–water partition coefficient (Wildman–Crippen LogP) is 2.51. The lowest BCUT2D eigenvalue weighted by atomic mass is 10.1. The van der Waals surface area contributed by atoms with Gasteiger partial charge in [-0.2, -0.15) is 5.26 Å². The van der Waals surface area contributed by atoms with Crippen molar-refractivity contribution >= 4 is 0 Å². The van der Waals surface area contributed by atoms with Crippen LogP contribution in [-0.4, -0.2) is 26.4 Å². The SMILES string of the molecule is COc1cc(COCCOC(C)C)ccc1C#N. The second-order valence-electron chi connectivity index (χ2n) is 4.12. The molecule has 1 aromatic rings. The van der Waals surface area contributed by atoms with Crippen LogP contribution in [0.4, 0.5) is 0 Å². The zero-order valence-electron chi connectivity index (χ0n) is 11.1. The van der Waals surface area contributed by atoms with Gasteiger partial charge in [0.15, 0.2) is 0 Å². The molecule has 98 valence electrons. The maximum absolute atomic E-state index is 8.86. The summed E-state index contributed by atoms with van der Waals surface area (Å²) in [6, 6.07) is 7.50. The molecule has 0 bridgehead atoms. The monoisotopic (exact) mass is 249 g/mol. The molecule has 0 aromatic heterocycles. The summed E-state index contributed by atoms with van der Waals surface area (Å²) in [7, 11) is 1.55. The largest absolute Gasteiger partial charge is 0.495 e. The normalized spacial score (nSPS) is 10.4. The number of ether oxygens (including phenoxy) is 3. The van der Waals surface area contributed by atoms with Gasteiger partial charge in [0.1, 0.15) is 11.8 Å². The minimum atomic E-state index is 0.226. The van der Waals surface area contributed by atoms with Crippen molar-refractivity contribution in [2.24, 2.45) is 0 Å². The van der Waals surface area contributed by atoms with E-state index < -0.39 is 0 Å². The minimum absolute atomic E-state index is 0.226. The average Bonchev–Trinajstić information content (AvgIpc) is 2.37. The highest BCUT2D eigenvalue weighted by Gasteiger charge is 2.03. The van der Waals surface area contributed by atoms with E-state index >= 15 is 0 Å². The van der Waals surface area contributed by atoms with E-state index in [4.69, 9.17) is 19.5 Å². The van der Waals surface area contributed by atoms with E-state index in [0.717, 1.165) is 5.56 Å². The molecule has 0 fully saturated rings. The maximum atomic E-state index is 8.86. The van der Waals surface area contributed by atoms with Gasteiger partial charge in [0.2, 0.25) is 0 Å². The molecular formula is C14H19NO3. The summed E-state index contributed by atoms with van der Waals surface area (Å²) in [5, 5.41) is 8.86. The Morgan fingerprint density at radius 3 is 2.67 bits per heavy atom. The van der Waals surface area contributed by atoms with Gasteiger partial charge in [-0.15, -0.1) is 0 Å². The molecule has 0 saturated heterocycles. The molecule has 0 spiro atoms. The molecular weight excluding hydrogens is 230 g/mol. The van der Waals surface area contributed by atoms with Crippen LogP contribution in [0, 0.1) is 11.3 Å². The second-order valence-corrected chi connectivity index (χ2v) is 4.12. The number of hydrogen-bond donors (Lipinski definition) is 0. The topological polar surface area (TPSA) is 51.5 Å². The summed E-state index contributed by atoms with van der Waals surface area (Å²) >= 11 is 0. The molecule has 1 rings (SSSR count). The summed E-state index contributed by atoms with van der Waals surface area (Å²) in [5.74, 6) is 0.581. The fourth-order valence-electron chi connectivity index (χ4n) is 1.45. The Morgan fingerprint density at radius 1 is 1.28 bits per heavy atom. The Bertz CT molecular complexity index is 410. The zero-order valence-corrected chi connectivity index (χ0v) is 11.1. The lowest BCUT2D eigenvalue weighted by molar-refractivity contribution is 0.0143. The molecule has 0 radical (unpaired) electrons. The summed E-state index contributed by atoms with van der Waals surface area (Å²) in [6.07, 6.45) is 0.226. The van der Waals surface area contributed by atoms with Crippen molar-refractivity contribution in [2.45, 2.75) is 26.6 Å². The minimum Gasteiger partial charge on any atom is -0.495 e. The first kappa shape index (κ1) is 14.5. The lowest BCUT2D eigenvalue weighted by Gasteiger charge is -2.09. The molecule has 4 nitrogen and oxygen atoms in total. The van der Waals surface area contributed by atoms with Crippen LogP contribution in [0.5, 0.6) is 5.75 Å². The van der Waals surface area contributed by atoms with Crippen LogP contribution < -0.4 is 4.74 Å². The van der Waals surface area contributed by atoms with Gasteiger partial charge in [-0.25, -0.2) is 0 Å². The molecule has 0 unspecified atom stereocenters. The standard InChI is InChI=1S/C14H19NO3/c1-11(2)18-7-6-17-10-12-4-5-13(9-15)14(8-12)16-3/h4-5,8,11H,6-7,10H2,1-3H3. The molecule has 0 amide bonds. The van der Waals surface area contributed by atoms with E-state index in [1.54, 1.807) is 13.2 Å². The highest BCUT2D eigenvalue weighted by molar-refractivity contribution is 5.45. The van der Waals surface area contributed by atoms with E-state index in [1.165, 1.54) is 0 Å². The van der Waals surface area contributed by atoms with E-state index in [9.17, 15) is 0 Å². The Morgan fingerprint density at radius 2 is 2.06 bits per heavy atom. The number of hydrogen-bond acceptors (Lipinski definition) is 4. The van der Waals surface area contributed by atoms with Crippen molar-refractivity contribution in [3.05, 3.63) is 29.3 Å². The molecule has 4 heteroatoms. The second kappa shape index (κ2) is 7.70. The molecule has 0 aliphatic rings. The van der Waals surface area contributed by atoms with Crippen molar-refractivity contribution < 1.29 is 14.2 Å². The molecule has 0 heterocycles. The van der Waals surface area contributed by atoms with E-state index in [2.05, 4.69) is 6.07 Å². The van der Waals surface area contributed by atoms with Gasteiger partial charge in [-0.05, 0) is 31.5 Å². The van der Waals surface area contributed by atoms with Crippen molar-refractivity contribution in [1.82, 2.24) is 0 Å². The van der Waals surface area contributed by atoms with Crippen molar-refractivity contribution in [3.63, 3.8) is 0 Å². The molecule has 0 aliphatic carbocycles. The number of nitriles is 1. The van der Waals surface area contributed by atoms with Crippen LogP contribution in [0.2, 0.25) is 0 Å². The quantitative estimate of drug-likeness (QED) is 0.697. The van der Waals surface area contributed by atoms with Crippen molar-refractivity contribution in [1.29, 1.82) is 5.26 Å². The number of benzene rings is 1. The predicted molar refractivity (Wildman–Crippen MR) is 68.5 cm³/mol. The number of rotatable bonds is 7. The van der Waals surface area contributed by atoms with Crippen LogP contribution >= 0.6 is 0 Å². The summed E-state index contributed by atoms with van der Waals surface area (Å²) in [6.45, 7) is 5.62. The first-order valence-electron chi connectivity index (χ1n) is 5.93. The van der Waals surface area contributed by atoms with Crippen LogP contribution in [0.25, 0.3) is 0 Å². The fraction of sp³-hybridized carbons (Fsp3) is 0.500. The van der Waals surface area contributed by atoms with Crippen molar-refractivity contribution in [3.8, 4) is 11.8 Å². The Labute approximate surface area is 108 Å². The van der Waals surface area contributed by atoms with Crippen molar-refractivity contribution in [2.75, 3.05) is 20.3 Å². The van der Waals surface area contributed by atoms with Gasteiger partial charge < -0.3 is 14.2 Å². The highest BCUT2D eigenvalue weighted by atomic mass is 16.5. The van der Waals surface area contributed by atoms with Crippen LogP contribution in [0.1, 0.15) is 25.0 Å². The van der Waals surface area contributed by atoms with Gasteiger partial charge in [-0.1, -0.05) is 6.07 Å². The van der Waals surface area contributed by atoms with Crippen LogP contribution in [0.15, 0.2) is 18.2 Å². The fourth-order valence-corrected chi connectivity index (χ4v) is 1.45. The smallest absolute Gasteiger partial charge is 0.136 e. The average molecular weight is 249 g/mol. The Kier molecular flexibility index (Phi) is 6.20. The molecule has 0 atom stereocenters. The van der Waals surface area contributed by atoms with Crippen LogP contribution in [0.3, 0.4) is 0 Å². The zero-order chi connectivity index (χ0) is 13.4. The van der Waals surface area contributed by atoms with E-state index in [0.29, 0.717) is 31.1 Å². The van der Waals surface area contributed by atoms with Gasteiger partial charge in [0, 0.05) is 0 Å². The molecule has 0 saturated carbocycles. The Hall–Kier alpha value is -1.57. The summed E-state index contributed by atoms with van der Waals surface area (Å²) in [5.41, 5.74) is 1.51. The highest BCUT2D eigenvalue weighted by Crippen LogP contribution is 2.19. The third-order valence-electron chi connectivity index (χ3n) is 2.33. The van der Waals surface area contributed by atoms with E-state index in [1.807, 2.05) is 26.0 Å². The van der Waals surface area contributed by atoms with Gasteiger partial charge in [0.25, 0.3) is 0 Å². The number of nitrogens with zero attached hydrogens (tertiary/aromatic N) is 1. The molecule has 1 aromatic carbocycles. The third-order valence-corrected chi connectivity index (χ3v) is 2.33. The Balaban J connectivity index is 2.41. The third kappa shape index (κ3) is 4.74. The van der Waals surface area contributed by atoms with Gasteiger partial charge in [0.05, 0.1) is 38.6 Å². The van der Waals surface area contributed by atoms with Crippen LogP contribution in [-0.2, 0) is 16.1 Å². The first-order valence-corrected chi connectivity index (χ1v) is 5.93.